The molecule has 0 aliphatic carbocycles. The van der Waals surface area contributed by atoms with E-state index in [1.165, 1.54) is 17.5 Å². The van der Waals surface area contributed by atoms with Gasteiger partial charge in [-0.25, -0.2) is 0 Å². The van der Waals surface area contributed by atoms with E-state index in [2.05, 4.69) is 65.7 Å². The van der Waals surface area contributed by atoms with E-state index in [9.17, 15) is 0 Å². The van der Waals surface area contributed by atoms with E-state index in [1.54, 1.807) is 7.11 Å². The topological polar surface area (TPSA) is 24.8 Å². The van der Waals surface area contributed by atoms with Gasteiger partial charge in [-0.3, -0.25) is 5.01 Å². The van der Waals surface area contributed by atoms with Gasteiger partial charge in [0, 0.05) is 7.11 Å². The minimum absolute atomic E-state index is 0.288. The number of hydrazone groups is 1. The van der Waals surface area contributed by atoms with Crippen LogP contribution >= 0.6 is 11.8 Å². The predicted octanol–water partition coefficient (Wildman–Crippen LogP) is 4.32. The van der Waals surface area contributed by atoms with Gasteiger partial charge >= 0.3 is 0 Å². The smallest absolute Gasteiger partial charge is 0.0937 e. The van der Waals surface area contributed by atoms with Crippen molar-refractivity contribution in [1.82, 2.24) is 5.01 Å². The van der Waals surface area contributed by atoms with E-state index < -0.39 is 0 Å². The average molecular weight is 338 g/mol. The van der Waals surface area contributed by atoms with Gasteiger partial charge in [0.1, 0.15) is 0 Å². The highest BCUT2D eigenvalue weighted by Gasteiger charge is 2.40. The maximum atomic E-state index is 5.41. The molecule has 24 heavy (non-hydrogen) atoms. The molecule has 124 valence electrons. The van der Waals surface area contributed by atoms with Crippen LogP contribution < -0.4 is 0 Å². The van der Waals surface area contributed by atoms with Crippen molar-refractivity contribution < 1.29 is 4.74 Å². The quantitative estimate of drug-likeness (QED) is 0.830. The predicted molar refractivity (Wildman–Crippen MR) is 100 cm³/mol. The van der Waals surface area contributed by atoms with E-state index in [1.807, 2.05) is 11.8 Å². The van der Waals surface area contributed by atoms with Gasteiger partial charge in [-0.05, 0) is 24.0 Å². The highest BCUT2D eigenvalue weighted by Crippen LogP contribution is 2.46. The number of fused-ring (bicyclic) bond motifs is 1. The van der Waals surface area contributed by atoms with Crippen molar-refractivity contribution in [3.05, 3.63) is 71.8 Å². The summed E-state index contributed by atoms with van der Waals surface area (Å²) in [6.45, 7) is 0.749. The van der Waals surface area contributed by atoms with Gasteiger partial charge < -0.3 is 4.74 Å². The van der Waals surface area contributed by atoms with Crippen molar-refractivity contribution in [2.24, 2.45) is 5.10 Å². The summed E-state index contributed by atoms with van der Waals surface area (Å²) in [7, 11) is 1.78. The molecule has 2 aromatic rings. The van der Waals surface area contributed by atoms with E-state index in [-0.39, 0.29) is 5.25 Å². The summed E-state index contributed by atoms with van der Waals surface area (Å²) < 4.78 is 5.41. The first-order chi connectivity index (χ1) is 11.9. The Labute approximate surface area is 147 Å². The molecule has 2 heterocycles. The Hall–Kier alpha value is -1.78. The van der Waals surface area contributed by atoms with E-state index in [4.69, 9.17) is 9.84 Å². The SMILES string of the molecule is COC[C@@H]1CC[C@H]2S[C@H](c3ccccc3)C(c3ccccc3)=NN12. The summed E-state index contributed by atoms with van der Waals surface area (Å²) in [5, 5.41) is 8.14. The van der Waals surface area contributed by atoms with Crippen molar-refractivity contribution in [1.29, 1.82) is 0 Å². The number of methoxy groups -OCH3 is 1. The van der Waals surface area contributed by atoms with Gasteiger partial charge in [-0.15, -0.1) is 11.8 Å². The van der Waals surface area contributed by atoms with Gasteiger partial charge in [0.05, 0.1) is 29.0 Å². The standard InChI is InChI=1S/C20H22N2OS/c1-23-14-17-12-13-18-22(17)21-19(15-8-4-2-5-9-15)20(24-18)16-10-6-3-7-11-16/h2-11,17-18,20H,12-14H2,1H3/t17-,18+,20+/m0/s1. The van der Waals surface area contributed by atoms with E-state index in [0.717, 1.165) is 18.7 Å². The monoisotopic (exact) mass is 338 g/mol. The molecule has 0 N–H and O–H groups in total. The Balaban J connectivity index is 1.75. The first kappa shape index (κ1) is 15.7. The van der Waals surface area contributed by atoms with Crippen molar-refractivity contribution >= 4 is 17.5 Å². The fourth-order valence-corrected chi connectivity index (χ4v) is 5.10. The van der Waals surface area contributed by atoms with Crippen LogP contribution in [0.5, 0.6) is 0 Å². The molecule has 3 atom stereocenters. The van der Waals surface area contributed by atoms with Crippen molar-refractivity contribution in [3.63, 3.8) is 0 Å². The second-order valence-electron chi connectivity index (χ2n) is 6.30. The van der Waals surface area contributed by atoms with Crippen LogP contribution in [0.4, 0.5) is 0 Å². The lowest BCUT2D eigenvalue weighted by Gasteiger charge is -2.36. The van der Waals surface area contributed by atoms with Crippen LogP contribution in [0.1, 0.15) is 29.2 Å². The third-order valence-corrected chi connectivity index (χ3v) is 6.25. The van der Waals surface area contributed by atoms with Crippen LogP contribution in [-0.2, 0) is 4.74 Å². The van der Waals surface area contributed by atoms with Gasteiger partial charge in [-0.1, -0.05) is 60.7 Å². The van der Waals surface area contributed by atoms with Crippen molar-refractivity contribution in [2.75, 3.05) is 13.7 Å². The molecule has 0 aromatic heterocycles. The number of benzene rings is 2. The molecule has 0 saturated carbocycles. The van der Waals surface area contributed by atoms with Gasteiger partial charge in [-0.2, -0.15) is 5.10 Å². The molecule has 2 aliphatic heterocycles. The molecule has 2 aliphatic rings. The normalized spacial score (nSPS) is 26.1. The number of rotatable bonds is 4. The maximum absolute atomic E-state index is 5.41. The van der Waals surface area contributed by atoms with Crippen LogP contribution in [0.3, 0.4) is 0 Å². The lowest BCUT2D eigenvalue weighted by Crippen LogP contribution is -2.38. The van der Waals surface area contributed by atoms with Crippen molar-refractivity contribution in [2.45, 2.75) is 29.5 Å². The van der Waals surface area contributed by atoms with Gasteiger partial charge in [0.25, 0.3) is 0 Å². The minimum atomic E-state index is 0.288. The number of nitrogens with zero attached hydrogens (tertiary/aromatic N) is 2. The van der Waals surface area contributed by atoms with Crippen LogP contribution in [0.15, 0.2) is 65.8 Å². The number of hydrogen-bond donors (Lipinski definition) is 0. The van der Waals surface area contributed by atoms with Crippen molar-refractivity contribution in [3.8, 4) is 0 Å². The Morgan fingerprint density at radius 1 is 1.04 bits per heavy atom. The molecular formula is C20H22N2OS. The van der Waals surface area contributed by atoms with Crippen LogP contribution in [0.25, 0.3) is 0 Å². The average Bonchev–Trinajstić information content (AvgIpc) is 3.04. The Kier molecular flexibility index (Phi) is 4.58. The number of thioether (sulfide) groups is 1. The molecule has 1 saturated heterocycles. The summed E-state index contributed by atoms with van der Waals surface area (Å²) in [5.74, 6) is 0. The number of hydrogen-bond acceptors (Lipinski definition) is 4. The molecular weight excluding hydrogens is 316 g/mol. The zero-order chi connectivity index (χ0) is 16.4. The molecule has 0 bridgehead atoms. The third-order valence-electron chi connectivity index (χ3n) is 4.71. The van der Waals surface area contributed by atoms with E-state index >= 15 is 0 Å². The van der Waals surface area contributed by atoms with Crippen LogP contribution in [0, 0.1) is 0 Å². The Morgan fingerprint density at radius 3 is 2.46 bits per heavy atom. The van der Waals surface area contributed by atoms with E-state index in [0.29, 0.717) is 11.4 Å². The number of ether oxygens (including phenoxy) is 1. The summed E-state index contributed by atoms with van der Waals surface area (Å²) in [4.78, 5) is 0. The zero-order valence-electron chi connectivity index (χ0n) is 13.8. The molecule has 0 unspecified atom stereocenters. The third kappa shape index (κ3) is 2.96. The van der Waals surface area contributed by atoms with Gasteiger partial charge in [0.15, 0.2) is 0 Å². The second kappa shape index (κ2) is 6.99. The highest BCUT2D eigenvalue weighted by atomic mass is 32.2. The molecule has 4 rings (SSSR count). The summed E-state index contributed by atoms with van der Waals surface area (Å²) in [5.41, 5.74) is 3.70. The van der Waals surface area contributed by atoms with Crippen LogP contribution in [-0.4, -0.2) is 35.9 Å². The molecule has 0 spiro atoms. The van der Waals surface area contributed by atoms with Crippen LogP contribution in [0.2, 0.25) is 0 Å². The maximum Gasteiger partial charge on any atom is 0.0937 e. The molecule has 0 radical (unpaired) electrons. The van der Waals surface area contributed by atoms with Gasteiger partial charge in [0.2, 0.25) is 0 Å². The summed E-state index contributed by atoms with van der Waals surface area (Å²) in [6.07, 6.45) is 2.33. The first-order valence-electron chi connectivity index (χ1n) is 8.48. The molecule has 0 amide bonds. The summed E-state index contributed by atoms with van der Waals surface area (Å²) >= 11 is 2.03. The lowest BCUT2D eigenvalue weighted by molar-refractivity contribution is 0.112. The zero-order valence-corrected chi connectivity index (χ0v) is 14.7. The summed E-state index contributed by atoms with van der Waals surface area (Å²) in [6, 6.07) is 21.7. The highest BCUT2D eigenvalue weighted by molar-refractivity contribution is 8.00. The largest absolute Gasteiger partial charge is 0.382 e. The Bertz CT molecular complexity index is 704. The first-order valence-corrected chi connectivity index (χ1v) is 9.42. The molecule has 4 heteroatoms. The molecule has 2 aromatic carbocycles. The Morgan fingerprint density at radius 2 is 1.75 bits per heavy atom. The fraction of sp³-hybridized carbons (Fsp3) is 0.350. The molecule has 1 fully saturated rings. The second-order valence-corrected chi connectivity index (χ2v) is 7.59. The fourth-order valence-electron chi connectivity index (χ4n) is 3.54. The molecule has 3 nitrogen and oxygen atoms in total. The lowest BCUT2D eigenvalue weighted by atomic mass is 10.0. The minimum Gasteiger partial charge on any atom is -0.382 e.